The van der Waals surface area contributed by atoms with Crippen molar-refractivity contribution in [3.8, 4) is 0 Å². The van der Waals surface area contributed by atoms with E-state index in [9.17, 15) is 0 Å². The van der Waals surface area contributed by atoms with E-state index < -0.39 is 0 Å². The topological polar surface area (TPSA) is 28.2 Å². The molecule has 17 heavy (non-hydrogen) atoms. The van der Waals surface area contributed by atoms with Crippen LogP contribution in [0, 0.1) is 6.92 Å². The molecule has 4 heteroatoms. The molecule has 0 aliphatic heterocycles. The molecule has 0 amide bonds. The van der Waals surface area contributed by atoms with Gasteiger partial charge in [-0.2, -0.15) is 0 Å². The summed E-state index contributed by atoms with van der Waals surface area (Å²) in [7, 11) is 4.20. The lowest BCUT2D eigenvalue weighted by molar-refractivity contribution is 0.427. The van der Waals surface area contributed by atoms with Crippen LogP contribution in [0.15, 0.2) is 0 Å². The van der Waals surface area contributed by atoms with E-state index >= 15 is 0 Å². The average Bonchev–Trinajstić information content (AvgIpc) is 2.72. The number of nitrogens with one attached hydrogen (secondary N) is 1. The molecular weight excluding hydrogens is 230 g/mol. The van der Waals surface area contributed by atoms with Crippen LogP contribution >= 0.6 is 11.3 Å². The van der Waals surface area contributed by atoms with Gasteiger partial charge >= 0.3 is 0 Å². The fourth-order valence-electron chi connectivity index (χ4n) is 2.51. The summed E-state index contributed by atoms with van der Waals surface area (Å²) in [5.41, 5.74) is 1.18. The third-order valence-electron chi connectivity index (χ3n) is 3.64. The molecular formula is C13H23N3S. The zero-order valence-electron chi connectivity index (χ0n) is 11.1. The monoisotopic (exact) mass is 253 g/mol. The Morgan fingerprint density at radius 1 is 1.35 bits per heavy atom. The molecule has 2 rings (SSSR count). The highest BCUT2D eigenvalue weighted by molar-refractivity contribution is 7.15. The Kier molecular flexibility index (Phi) is 4.40. The van der Waals surface area contributed by atoms with E-state index in [1.807, 2.05) is 18.4 Å². The molecule has 1 heterocycles. The minimum atomic E-state index is 0.705. The van der Waals surface area contributed by atoms with Crippen LogP contribution in [0.3, 0.4) is 0 Å². The molecule has 1 aliphatic rings. The average molecular weight is 253 g/mol. The Morgan fingerprint density at radius 2 is 2.06 bits per heavy atom. The standard InChI is InChI=1S/C13H23N3S/c1-10-12(9-14-2)17-13(15-10)16(3)11-7-5-4-6-8-11/h11,14H,4-9H2,1-3H3. The molecule has 96 valence electrons. The molecule has 3 nitrogen and oxygen atoms in total. The van der Waals surface area contributed by atoms with Gasteiger partial charge in [-0.1, -0.05) is 19.3 Å². The first-order valence-electron chi connectivity index (χ1n) is 6.56. The van der Waals surface area contributed by atoms with Crippen molar-refractivity contribution in [3.63, 3.8) is 0 Å². The van der Waals surface area contributed by atoms with Gasteiger partial charge in [0.2, 0.25) is 0 Å². The van der Waals surface area contributed by atoms with Gasteiger partial charge in [0.1, 0.15) is 0 Å². The normalized spacial score (nSPS) is 17.4. The largest absolute Gasteiger partial charge is 0.348 e. The molecule has 1 aromatic rings. The van der Waals surface area contributed by atoms with Gasteiger partial charge in [-0.3, -0.25) is 0 Å². The van der Waals surface area contributed by atoms with E-state index in [0.29, 0.717) is 6.04 Å². The highest BCUT2D eigenvalue weighted by Crippen LogP contribution is 2.30. The number of aryl methyl sites for hydroxylation is 1. The second kappa shape index (κ2) is 5.83. The van der Waals surface area contributed by atoms with Gasteiger partial charge in [-0.25, -0.2) is 4.98 Å². The summed E-state index contributed by atoms with van der Waals surface area (Å²) in [5.74, 6) is 0. The van der Waals surface area contributed by atoms with Crippen LogP contribution in [0.2, 0.25) is 0 Å². The third-order valence-corrected chi connectivity index (χ3v) is 4.89. The number of hydrogen-bond acceptors (Lipinski definition) is 4. The number of rotatable bonds is 4. The molecule has 0 spiro atoms. The second-order valence-electron chi connectivity index (χ2n) is 4.94. The maximum atomic E-state index is 4.71. The Hall–Kier alpha value is -0.610. The summed E-state index contributed by atoms with van der Waals surface area (Å²) in [4.78, 5) is 8.47. The highest BCUT2D eigenvalue weighted by atomic mass is 32.1. The lowest BCUT2D eigenvalue weighted by atomic mass is 9.95. The van der Waals surface area contributed by atoms with E-state index in [-0.39, 0.29) is 0 Å². The van der Waals surface area contributed by atoms with Crippen LogP contribution < -0.4 is 10.2 Å². The zero-order chi connectivity index (χ0) is 12.3. The van der Waals surface area contributed by atoms with E-state index in [1.165, 1.54) is 47.8 Å². The number of anilines is 1. The minimum absolute atomic E-state index is 0.705. The van der Waals surface area contributed by atoms with Crippen molar-refractivity contribution in [3.05, 3.63) is 10.6 Å². The van der Waals surface area contributed by atoms with Gasteiger partial charge in [0.15, 0.2) is 5.13 Å². The predicted molar refractivity (Wildman–Crippen MR) is 74.9 cm³/mol. The first kappa shape index (κ1) is 12.8. The van der Waals surface area contributed by atoms with Gasteiger partial charge in [0, 0.05) is 24.5 Å². The Morgan fingerprint density at radius 3 is 2.71 bits per heavy atom. The first-order chi connectivity index (χ1) is 8.22. The predicted octanol–water partition coefficient (Wildman–Crippen LogP) is 2.94. The maximum Gasteiger partial charge on any atom is 0.185 e. The fourth-order valence-corrected chi connectivity index (χ4v) is 3.62. The fraction of sp³-hybridized carbons (Fsp3) is 0.769. The van der Waals surface area contributed by atoms with Crippen LogP contribution in [0.4, 0.5) is 5.13 Å². The van der Waals surface area contributed by atoms with Gasteiger partial charge < -0.3 is 10.2 Å². The Bertz CT molecular complexity index is 356. The molecule has 0 bridgehead atoms. The number of nitrogens with zero attached hydrogens (tertiary/aromatic N) is 2. The molecule has 1 N–H and O–H groups in total. The van der Waals surface area contributed by atoms with Crippen molar-refractivity contribution >= 4 is 16.5 Å². The highest BCUT2D eigenvalue weighted by Gasteiger charge is 2.21. The summed E-state index contributed by atoms with van der Waals surface area (Å²) >= 11 is 1.84. The summed E-state index contributed by atoms with van der Waals surface area (Å²) in [6.45, 7) is 3.05. The summed E-state index contributed by atoms with van der Waals surface area (Å²) in [5, 5.41) is 4.40. The summed E-state index contributed by atoms with van der Waals surface area (Å²) < 4.78 is 0. The van der Waals surface area contributed by atoms with Crippen molar-refractivity contribution in [2.45, 2.75) is 51.6 Å². The lowest BCUT2D eigenvalue weighted by Crippen LogP contribution is -2.33. The molecule has 1 aromatic heterocycles. The smallest absolute Gasteiger partial charge is 0.185 e. The molecule has 1 saturated carbocycles. The minimum Gasteiger partial charge on any atom is -0.348 e. The molecule has 0 unspecified atom stereocenters. The number of hydrogen-bond donors (Lipinski definition) is 1. The van der Waals surface area contributed by atoms with Crippen molar-refractivity contribution in [2.75, 3.05) is 19.0 Å². The van der Waals surface area contributed by atoms with Gasteiger partial charge in [-0.05, 0) is 26.8 Å². The van der Waals surface area contributed by atoms with Gasteiger partial charge in [-0.15, -0.1) is 11.3 Å². The van der Waals surface area contributed by atoms with Crippen LogP contribution in [0.1, 0.15) is 42.7 Å². The maximum absolute atomic E-state index is 4.71. The summed E-state index contributed by atoms with van der Waals surface area (Å²) in [6, 6.07) is 0.705. The van der Waals surface area contributed by atoms with Crippen LogP contribution in [-0.4, -0.2) is 25.1 Å². The SMILES string of the molecule is CNCc1sc(N(C)C2CCCCC2)nc1C. The van der Waals surface area contributed by atoms with E-state index in [2.05, 4.69) is 24.2 Å². The number of thiazole rings is 1. The molecule has 1 fully saturated rings. The van der Waals surface area contributed by atoms with E-state index in [1.54, 1.807) is 0 Å². The Balaban J connectivity index is 2.07. The Labute approximate surface area is 108 Å². The van der Waals surface area contributed by atoms with E-state index in [0.717, 1.165) is 6.54 Å². The second-order valence-corrected chi connectivity index (χ2v) is 6.00. The van der Waals surface area contributed by atoms with Crippen LogP contribution in [0.25, 0.3) is 0 Å². The van der Waals surface area contributed by atoms with Crippen molar-refractivity contribution in [1.82, 2.24) is 10.3 Å². The third kappa shape index (κ3) is 2.99. The molecule has 0 saturated heterocycles. The van der Waals surface area contributed by atoms with Crippen molar-refractivity contribution in [2.24, 2.45) is 0 Å². The summed E-state index contributed by atoms with van der Waals surface area (Å²) in [6.07, 6.45) is 6.82. The molecule has 1 aliphatic carbocycles. The van der Waals surface area contributed by atoms with Gasteiger partial charge in [0.05, 0.1) is 5.69 Å². The van der Waals surface area contributed by atoms with E-state index in [4.69, 9.17) is 4.98 Å². The molecule has 0 aromatic carbocycles. The lowest BCUT2D eigenvalue weighted by Gasteiger charge is -2.30. The van der Waals surface area contributed by atoms with Crippen molar-refractivity contribution in [1.29, 1.82) is 0 Å². The van der Waals surface area contributed by atoms with Crippen molar-refractivity contribution < 1.29 is 0 Å². The quantitative estimate of drug-likeness (QED) is 0.894. The first-order valence-corrected chi connectivity index (χ1v) is 7.37. The zero-order valence-corrected chi connectivity index (χ0v) is 11.9. The van der Waals surface area contributed by atoms with Gasteiger partial charge in [0.25, 0.3) is 0 Å². The molecule has 0 radical (unpaired) electrons. The molecule has 0 atom stereocenters. The van der Waals surface area contributed by atoms with Crippen LogP contribution in [-0.2, 0) is 6.54 Å². The number of aromatic nitrogens is 1. The van der Waals surface area contributed by atoms with Crippen LogP contribution in [0.5, 0.6) is 0 Å².